The van der Waals surface area contributed by atoms with Gasteiger partial charge < -0.3 is 5.32 Å². The molecule has 4 nitrogen and oxygen atoms in total. The van der Waals surface area contributed by atoms with E-state index in [9.17, 15) is 4.79 Å². The molecule has 0 radical (unpaired) electrons. The van der Waals surface area contributed by atoms with Gasteiger partial charge in [0.2, 0.25) is 0 Å². The smallest absolute Gasteiger partial charge is 0.251 e. The van der Waals surface area contributed by atoms with Gasteiger partial charge in [-0.2, -0.15) is 5.26 Å². The van der Waals surface area contributed by atoms with Crippen molar-refractivity contribution in [2.24, 2.45) is 5.92 Å². The summed E-state index contributed by atoms with van der Waals surface area (Å²) in [6.45, 7) is 5.85. The van der Waals surface area contributed by atoms with E-state index in [1.165, 1.54) is 0 Å². The number of nitrogens with zero attached hydrogens (tertiary/aromatic N) is 2. The first-order valence-corrected chi connectivity index (χ1v) is 6.45. The lowest BCUT2D eigenvalue weighted by atomic mass is 10.1. The Bertz CT molecular complexity index is 463. The number of nitriles is 1. The van der Waals surface area contributed by atoms with Crippen molar-refractivity contribution in [1.82, 2.24) is 10.2 Å². The standard InChI is InChI=1S/C15H21N3O/c1-12(2)10-17-15(19)14-6-4-5-13(9-14)11-18(3)8-7-16/h4-6,9,12H,8,10-11H2,1-3H3,(H,17,19). The Kier molecular flexibility index (Phi) is 6.04. The summed E-state index contributed by atoms with van der Waals surface area (Å²) in [4.78, 5) is 13.8. The maximum atomic E-state index is 11.9. The Morgan fingerprint density at radius 3 is 2.84 bits per heavy atom. The average molecular weight is 259 g/mol. The molecule has 0 spiro atoms. The van der Waals surface area contributed by atoms with E-state index >= 15 is 0 Å². The largest absolute Gasteiger partial charge is 0.352 e. The van der Waals surface area contributed by atoms with Crippen molar-refractivity contribution in [3.05, 3.63) is 35.4 Å². The minimum atomic E-state index is -0.0431. The highest BCUT2D eigenvalue weighted by atomic mass is 16.1. The lowest BCUT2D eigenvalue weighted by molar-refractivity contribution is 0.0949. The van der Waals surface area contributed by atoms with Crippen LogP contribution in [-0.2, 0) is 6.54 Å². The molecule has 0 aromatic heterocycles. The normalized spacial score (nSPS) is 10.5. The van der Waals surface area contributed by atoms with Crippen LogP contribution in [0.2, 0.25) is 0 Å². The first-order chi connectivity index (χ1) is 9.02. The third kappa shape index (κ3) is 5.54. The molecular formula is C15H21N3O. The van der Waals surface area contributed by atoms with Crippen molar-refractivity contribution >= 4 is 5.91 Å². The fraction of sp³-hybridized carbons (Fsp3) is 0.467. The summed E-state index contributed by atoms with van der Waals surface area (Å²) >= 11 is 0. The molecule has 0 heterocycles. The first-order valence-electron chi connectivity index (χ1n) is 6.45. The third-order valence-electron chi connectivity index (χ3n) is 2.65. The predicted octanol–water partition coefficient (Wildman–Crippen LogP) is 2.03. The molecule has 0 aliphatic heterocycles. The topological polar surface area (TPSA) is 56.1 Å². The summed E-state index contributed by atoms with van der Waals surface area (Å²) in [5, 5.41) is 11.5. The summed E-state index contributed by atoms with van der Waals surface area (Å²) in [6.07, 6.45) is 0. The highest BCUT2D eigenvalue weighted by molar-refractivity contribution is 5.94. The van der Waals surface area contributed by atoms with Gasteiger partial charge in [-0.25, -0.2) is 0 Å². The Labute approximate surface area is 115 Å². The van der Waals surface area contributed by atoms with E-state index in [0.29, 0.717) is 31.1 Å². The first kappa shape index (κ1) is 15.2. The molecule has 0 aliphatic rings. The maximum Gasteiger partial charge on any atom is 0.251 e. The number of hydrogen-bond acceptors (Lipinski definition) is 3. The quantitative estimate of drug-likeness (QED) is 0.795. The van der Waals surface area contributed by atoms with Crippen LogP contribution in [0.3, 0.4) is 0 Å². The molecule has 0 fully saturated rings. The monoisotopic (exact) mass is 259 g/mol. The molecule has 1 rings (SSSR count). The van der Waals surface area contributed by atoms with Crippen LogP contribution in [0.15, 0.2) is 24.3 Å². The van der Waals surface area contributed by atoms with Crippen molar-refractivity contribution < 1.29 is 4.79 Å². The van der Waals surface area contributed by atoms with Crippen LogP contribution in [0.25, 0.3) is 0 Å². The molecule has 0 aliphatic carbocycles. The molecule has 0 saturated carbocycles. The SMILES string of the molecule is CC(C)CNC(=O)c1cccc(CN(C)CC#N)c1. The van der Waals surface area contributed by atoms with Crippen LogP contribution in [-0.4, -0.2) is 30.9 Å². The highest BCUT2D eigenvalue weighted by Crippen LogP contribution is 2.08. The number of rotatable bonds is 6. The molecule has 1 aromatic carbocycles. The summed E-state index contributed by atoms with van der Waals surface area (Å²) in [6, 6.07) is 9.63. The Morgan fingerprint density at radius 1 is 1.47 bits per heavy atom. The number of carbonyl (C=O) groups is 1. The van der Waals surface area contributed by atoms with E-state index in [2.05, 4.69) is 25.2 Å². The van der Waals surface area contributed by atoms with Crippen molar-refractivity contribution in [2.45, 2.75) is 20.4 Å². The number of benzene rings is 1. The van der Waals surface area contributed by atoms with E-state index < -0.39 is 0 Å². The van der Waals surface area contributed by atoms with Crippen molar-refractivity contribution in [3.63, 3.8) is 0 Å². The summed E-state index contributed by atoms with van der Waals surface area (Å²) < 4.78 is 0. The minimum Gasteiger partial charge on any atom is -0.352 e. The Hall–Kier alpha value is -1.86. The zero-order chi connectivity index (χ0) is 14.3. The zero-order valence-corrected chi connectivity index (χ0v) is 11.8. The van der Waals surface area contributed by atoms with E-state index in [4.69, 9.17) is 5.26 Å². The lowest BCUT2D eigenvalue weighted by Crippen LogP contribution is -2.27. The van der Waals surface area contributed by atoms with E-state index in [0.717, 1.165) is 5.56 Å². The van der Waals surface area contributed by atoms with Crippen LogP contribution < -0.4 is 5.32 Å². The van der Waals surface area contributed by atoms with Gasteiger partial charge in [-0.3, -0.25) is 9.69 Å². The lowest BCUT2D eigenvalue weighted by Gasteiger charge is -2.13. The van der Waals surface area contributed by atoms with Crippen LogP contribution in [0, 0.1) is 17.2 Å². The van der Waals surface area contributed by atoms with Crippen molar-refractivity contribution in [3.8, 4) is 6.07 Å². The molecule has 1 aromatic rings. The Balaban J connectivity index is 2.66. The van der Waals surface area contributed by atoms with Crippen LogP contribution >= 0.6 is 0 Å². The number of amides is 1. The van der Waals surface area contributed by atoms with Gasteiger partial charge in [0.05, 0.1) is 12.6 Å². The van der Waals surface area contributed by atoms with E-state index in [1.54, 1.807) is 0 Å². The summed E-state index contributed by atoms with van der Waals surface area (Å²) in [7, 11) is 1.88. The van der Waals surface area contributed by atoms with E-state index in [1.807, 2.05) is 36.2 Å². The van der Waals surface area contributed by atoms with Gasteiger partial charge in [-0.05, 0) is 30.7 Å². The molecule has 0 saturated heterocycles. The molecule has 1 amide bonds. The third-order valence-corrected chi connectivity index (χ3v) is 2.65. The van der Waals surface area contributed by atoms with Gasteiger partial charge in [-0.15, -0.1) is 0 Å². The fourth-order valence-electron chi connectivity index (χ4n) is 1.70. The molecule has 0 atom stereocenters. The minimum absolute atomic E-state index is 0.0431. The maximum absolute atomic E-state index is 11.9. The van der Waals surface area contributed by atoms with Gasteiger partial charge in [0.15, 0.2) is 0 Å². The van der Waals surface area contributed by atoms with Gasteiger partial charge in [0.25, 0.3) is 5.91 Å². The molecular weight excluding hydrogens is 238 g/mol. The van der Waals surface area contributed by atoms with Crippen LogP contribution in [0.1, 0.15) is 29.8 Å². The summed E-state index contributed by atoms with van der Waals surface area (Å²) in [5.74, 6) is 0.396. The van der Waals surface area contributed by atoms with Crippen molar-refractivity contribution in [2.75, 3.05) is 20.1 Å². The average Bonchev–Trinajstić information content (AvgIpc) is 2.36. The van der Waals surface area contributed by atoms with Crippen molar-refractivity contribution in [1.29, 1.82) is 5.26 Å². The number of carbonyl (C=O) groups excluding carboxylic acids is 1. The summed E-state index contributed by atoms with van der Waals surface area (Å²) in [5.41, 5.74) is 1.71. The second-order valence-electron chi connectivity index (χ2n) is 5.13. The highest BCUT2D eigenvalue weighted by Gasteiger charge is 2.07. The second kappa shape index (κ2) is 7.55. The van der Waals surface area contributed by atoms with Gasteiger partial charge in [0, 0.05) is 18.7 Å². The van der Waals surface area contributed by atoms with Crippen LogP contribution in [0.4, 0.5) is 0 Å². The van der Waals surface area contributed by atoms with Gasteiger partial charge in [-0.1, -0.05) is 26.0 Å². The zero-order valence-electron chi connectivity index (χ0n) is 11.8. The molecule has 0 bridgehead atoms. The second-order valence-corrected chi connectivity index (χ2v) is 5.13. The fourth-order valence-corrected chi connectivity index (χ4v) is 1.70. The number of nitrogens with one attached hydrogen (secondary N) is 1. The molecule has 102 valence electrons. The van der Waals surface area contributed by atoms with Gasteiger partial charge in [0.1, 0.15) is 0 Å². The molecule has 0 unspecified atom stereocenters. The van der Waals surface area contributed by atoms with Crippen LogP contribution in [0.5, 0.6) is 0 Å². The number of hydrogen-bond donors (Lipinski definition) is 1. The predicted molar refractivity (Wildman–Crippen MR) is 75.6 cm³/mol. The van der Waals surface area contributed by atoms with Gasteiger partial charge >= 0.3 is 0 Å². The molecule has 1 N–H and O–H groups in total. The Morgan fingerprint density at radius 2 is 2.21 bits per heavy atom. The molecule has 19 heavy (non-hydrogen) atoms. The molecule has 4 heteroatoms. The van der Waals surface area contributed by atoms with E-state index in [-0.39, 0.29) is 5.91 Å².